The Morgan fingerprint density at radius 2 is 1.95 bits per heavy atom. The third-order valence-corrected chi connectivity index (χ3v) is 4.62. The predicted octanol–water partition coefficient (Wildman–Crippen LogP) is 5.25. The third kappa shape index (κ3) is 4.03. The molecule has 0 spiro atoms. The van der Waals surface area contributed by atoms with E-state index in [4.69, 9.17) is 4.74 Å². The second kappa shape index (κ2) is 6.36. The molecule has 0 radical (unpaired) electrons. The molecule has 0 bridgehead atoms. The molecule has 1 aliphatic carbocycles. The summed E-state index contributed by atoms with van der Waals surface area (Å²) in [6.07, 6.45) is 4.59. The van der Waals surface area contributed by atoms with Crippen molar-refractivity contribution in [2.75, 3.05) is 5.33 Å². The molecule has 1 fully saturated rings. The van der Waals surface area contributed by atoms with Crippen LogP contribution in [0.1, 0.15) is 51.2 Å². The van der Waals surface area contributed by atoms with Crippen molar-refractivity contribution < 1.29 is 9.13 Å². The number of alkyl halides is 1. The molecule has 0 saturated heterocycles. The van der Waals surface area contributed by atoms with Crippen LogP contribution in [0.3, 0.4) is 0 Å². The maximum absolute atomic E-state index is 13.8. The summed E-state index contributed by atoms with van der Waals surface area (Å²) in [5.74, 6) is -0.178. The van der Waals surface area contributed by atoms with Crippen LogP contribution in [0.2, 0.25) is 0 Å². The van der Waals surface area contributed by atoms with Gasteiger partial charge in [-0.1, -0.05) is 48.0 Å². The van der Waals surface area contributed by atoms with E-state index in [9.17, 15) is 4.39 Å². The highest BCUT2D eigenvalue weighted by Gasteiger charge is 2.29. The minimum Gasteiger partial charge on any atom is -0.369 e. The van der Waals surface area contributed by atoms with E-state index in [1.165, 1.54) is 18.9 Å². The summed E-state index contributed by atoms with van der Waals surface area (Å²) in [6.45, 7) is 4.62. The molecule has 0 N–H and O–H groups in total. The van der Waals surface area contributed by atoms with Gasteiger partial charge in [-0.05, 0) is 37.2 Å². The standard InChI is InChI=1S/C16H22BrFO/c1-16(2)9-7-12(8-10-16)19-15(11-17)13-5-3-4-6-14(13)18/h3-6,12,15H,7-11H2,1-2H3. The van der Waals surface area contributed by atoms with Crippen molar-refractivity contribution in [3.63, 3.8) is 0 Å². The Kier molecular flexibility index (Phi) is 5.02. The Bertz CT molecular complexity index is 409. The molecule has 0 amide bonds. The topological polar surface area (TPSA) is 9.23 Å². The molecule has 3 heteroatoms. The minimum absolute atomic E-state index is 0.178. The zero-order chi connectivity index (χ0) is 13.9. The lowest BCUT2D eigenvalue weighted by atomic mass is 9.76. The average Bonchev–Trinajstić information content (AvgIpc) is 2.39. The van der Waals surface area contributed by atoms with Gasteiger partial charge in [-0.25, -0.2) is 4.39 Å². The highest BCUT2D eigenvalue weighted by molar-refractivity contribution is 9.09. The van der Waals surface area contributed by atoms with Gasteiger partial charge in [0.15, 0.2) is 0 Å². The first-order valence-corrected chi connectivity index (χ1v) is 8.10. The van der Waals surface area contributed by atoms with Crippen molar-refractivity contribution >= 4 is 15.9 Å². The van der Waals surface area contributed by atoms with Gasteiger partial charge in [0, 0.05) is 10.9 Å². The van der Waals surface area contributed by atoms with Crippen LogP contribution >= 0.6 is 15.9 Å². The number of hydrogen-bond acceptors (Lipinski definition) is 1. The Labute approximate surface area is 123 Å². The largest absolute Gasteiger partial charge is 0.369 e. The second-order valence-corrected chi connectivity index (χ2v) is 6.81. The molecule has 1 aromatic rings. The van der Waals surface area contributed by atoms with E-state index in [2.05, 4.69) is 29.8 Å². The lowest BCUT2D eigenvalue weighted by molar-refractivity contribution is -0.0376. The van der Waals surface area contributed by atoms with E-state index in [0.717, 1.165) is 12.8 Å². The van der Waals surface area contributed by atoms with E-state index in [1.807, 2.05) is 12.1 Å². The summed E-state index contributed by atoms with van der Waals surface area (Å²) in [7, 11) is 0. The number of benzene rings is 1. The van der Waals surface area contributed by atoms with Crippen LogP contribution in [0.15, 0.2) is 24.3 Å². The Morgan fingerprint density at radius 3 is 2.53 bits per heavy atom. The molecular formula is C16H22BrFO. The Balaban J connectivity index is 1.99. The molecule has 0 aromatic heterocycles. The maximum atomic E-state index is 13.8. The lowest BCUT2D eigenvalue weighted by Crippen LogP contribution is -2.28. The summed E-state index contributed by atoms with van der Waals surface area (Å²) >= 11 is 3.44. The number of halogens is 2. The second-order valence-electron chi connectivity index (χ2n) is 6.16. The van der Waals surface area contributed by atoms with Crippen LogP contribution in [0.25, 0.3) is 0 Å². The van der Waals surface area contributed by atoms with Crippen LogP contribution in [0.4, 0.5) is 4.39 Å². The summed E-state index contributed by atoms with van der Waals surface area (Å²) in [6, 6.07) is 6.89. The zero-order valence-electron chi connectivity index (χ0n) is 11.7. The molecule has 1 atom stereocenters. The first-order valence-electron chi connectivity index (χ1n) is 6.98. The fraction of sp³-hybridized carbons (Fsp3) is 0.625. The van der Waals surface area contributed by atoms with Crippen LogP contribution in [-0.4, -0.2) is 11.4 Å². The third-order valence-electron chi connectivity index (χ3n) is 4.04. The molecule has 1 unspecified atom stereocenters. The van der Waals surface area contributed by atoms with Gasteiger partial charge in [0.2, 0.25) is 0 Å². The lowest BCUT2D eigenvalue weighted by Gasteiger charge is -2.35. The average molecular weight is 329 g/mol. The van der Waals surface area contributed by atoms with Gasteiger partial charge in [0.25, 0.3) is 0 Å². The molecule has 1 saturated carbocycles. The highest BCUT2D eigenvalue weighted by Crippen LogP contribution is 2.38. The maximum Gasteiger partial charge on any atom is 0.129 e. The molecule has 0 heterocycles. The summed E-state index contributed by atoms with van der Waals surface area (Å²) < 4.78 is 19.9. The molecule has 2 rings (SSSR count). The SMILES string of the molecule is CC1(C)CCC(OC(CBr)c2ccccc2F)CC1. The highest BCUT2D eigenvalue weighted by atomic mass is 79.9. The summed E-state index contributed by atoms with van der Waals surface area (Å²) in [4.78, 5) is 0. The van der Waals surface area contributed by atoms with Crippen molar-refractivity contribution in [1.29, 1.82) is 0 Å². The van der Waals surface area contributed by atoms with E-state index in [1.54, 1.807) is 6.07 Å². The fourth-order valence-corrected chi connectivity index (χ4v) is 3.17. The fourth-order valence-electron chi connectivity index (χ4n) is 2.67. The number of rotatable bonds is 4. The smallest absolute Gasteiger partial charge is 0.129 e. The summed E-state index contributed by atoms with van der Waals surface area (Å²) in [5, 5.41) is 0.633. The molecular weight excluding hydrogens is 307 g/mol. The Hall–Kier alpha value is -0.410. The van der Waals surface area contributed by atoms with Gasteiger partial charge < -0.3 is 4.74 Å². The van der Waals surface area contributed by atoms with E-state index < -0.39 is 0 Å². The van der Waals surface area contributed by atoms with Crippen molar-refractivity contribution in [1.82, 2.24) is 0 Å². The predicted molar refractivity (Wildman–Crippen MR) is 80.1 cm³/mol. The van der Waals surface area contributed by atoms with Gasteiger partial charge in [0.05, 0.1) is 12.2 Å². The van der Waals surface area contributed by atoms with Crippen molar-refractivity contribution in [3.05, 3.63) is 35.6 Å². The number of hydrogen-bond donors (Lipinski definition) is 0. The molecule has 19 heavy (non-hydrogen) atoms. The van der Waals surface area contributed by atoms with Gasteiger partial charge >= 0.3 is 0 Å². The van der Waals surface area contributed by atoms with Crippen molar-refractivity contribution in [2.45, 2.75) is 51.7 Å². The van der Waals surface area contributed by atoms with E-state index >= 15 is 0 Å². The number of ether oxygens (including phenoxy) is 1. The van der Waals surface area contributed by atoms with Crippen molar-refractivity contribution in [3.8, 4) is 0 Å². The van der Waals surface area contributed by atoms with Gasteiger partial charge in [-0.15, -0.1) is 0 Å². The monoisotopic (exact) mass is 328 g/mol. The van der Waals surface area contributed by atoms with Crippen LogP contribution in [-0.2, 0) is 4.74 Å². The first-order chi connectivity index (χ1) is 9.02. The molecule has 1 aromatic carbocycles. The quantitative estimate of drug-likeness (QED) is 0.686. The molecule has 1 nitrogen and oxygen atoms in total. The van der Waals surface area contributed by atoms with Crippen LogP contribution in [0, 0.1) is 11.2 Å². The molecule has 106 valence electrons. The first kappa shape index (κ1) is 15.0. The molecule has 0 aliphatic heterocycles. The molecule has 1 aliphatic rings. The van der Waals surface area contributed by atoms with Crippen molar-refractivity contribution in [2.24, 2.45) is 5.41 Å². The van der Waals surface area contributed by atoms with E-state index in [0.29, 0.717) is 16.3 Å². The van der Waals surface area contributed by atoms with Gasteiger partial charge in [-0.3, -0.25) is 0 Å². The van der Waals surface area contributed by atoms with Crippen LogP contribution in [0.5, 0.6) is 0 Å². The minimum atomic E-state index is -0.188. The Morgan fingerprint density at radius 1 is 1.32 bits per heavy atom. The zero-order valence-corrected chi connectivity index (χ0v) is 13.2. The van der Waals surface area contributed by atoms with Crippen LogP contribution < -0.4 is 0 Å². The summed E-state index contributed by atoms with van der Waals surface area (Å²) in [5.41, 5.74) is 1.09. The van der Waals surface area contributed by atoms with E-state index in [-0.39, 0.29) is 18.0 Å². The normalized spacial score (nSPS) is 21.3. The van der Waals surface area contributed by atoms with Gasteiger partial charge in [0.1, 0.15) is 5.82 Å². The van der Waals surface area contributed by atoms with Gasteiger partial charge in [-0.2, -0.15) is 0 Å².